The van der Waals surface area contributed by atoms with Crippen molar-refractivity contribution >= 4 is 5.91 Å². The van der Waals surface area contributed by atoms with E-state index in [0.717, 1.165) is 43.5 Å². The summed E-state index contributed by atoms with van der Waals surface area (Å²) in [6.45, 7) is 1.04. The summed E-state index contributed by atoms with van der Waals surface area (Å²) in [4.78, 5) is 19.4. The van der Waals surface area contributed by atoms with Gasteiger partial charge in [0, 0.05) is 48.0 Å². The first kappa shape index (κ1) is 17.7. The highest BCUT2D eigenvalue weighted by atomic mass is 19.4. The number of piperidine rings is 1. The average molecular weight is 387 g/mol. The standard InChI is InChI=1S/C21H20F3N3O/c22-21(23,24)15-5-3-14(4-6-15)19(28)26-18-16-11-20(16)7-9-27(20)17(18)10-13-2-1-8-25-12-13/h1-6,8,12,16-18H,7,9-11H2,(H,26,28). The van der Waals surface area contributed by atoms with Crippen molar-refractivity contribution in [3.63, 3.8) is 0 Å². The Labute approximate surface area is 160 Å². The van der Waals surface area contributed by atoms with Gasteiger partial charge in [0.15, 0.2) is 0 Å². The quantitative estimate of drug-likeness (QED) is 0.876. The summed E-state index contributed by atoms with van der Waals surface area (Å²) in [6, 6.07) is 8.59. The summed E-state index contributed by atoms with van der Waals surface area (Å²) >= 11 is 0. The topological polar surface area (TPSA) is 45.2 Å². The van der Waals surface area contributed by atoms with Gasteiger partial charge in [0.05, 0.1) is 5.56 Å². The fraction of sp³-hybridized carbons (Fsp3) is 0.429. The van der Waals surface area contributed by atoms with Gasteiger partial charge in [0.2, 0.25) is 0 Å². The minimum absolute atomic E-state index is 0.0116. The van der Waals surface area contributed by atoms with E-state index in [9.17, 15) is 18.0 Å². The van der Waals surface area contributed by atoms with Gasteiger partial charge in [-0.15, -0.1) is 0 Å². The number of pyridine rings is 1. The molecule has 4 unspecified atom stereocenters. The maximum Gasteiger partial charge on any atom is 0.416 e. The number of nitrogens with one attached hydrogen (secondary N) is 1. The molecule has 0 bridgehead atoms. The molecule has 146 valence electrons. The number of aromatic nitrogens is 1. The van der Waals surface area contributed by atoms with E-state index in [1.165, 1.54) is 12.1 Å². The lowest BCUT2D eigenvalue weighted by Crippen LogP contribution is -2.56. The van der Waals surface area contributed by atoms with Crippen molar-refractivity contribution in [2.75, 3.05) is 6.54 Å². The van der Waals surface area contributed by atoms with E-state index in [1.54, 1.807) is 6.20 Å². The van der Waals surface area contributed by atoms with E-state index in [4.69, 9.17) is 0 Å². The number of carbonyl (C=O) groups excluding carboxylic acids is 1. The SMILES string of the molecule is O=C(NC1C(Cc2cccnc2)N2CCC23CC13)c1ccc(C(F)(F)F)cc1. The number of alkyl halides is 3. The van der Waals surface area contributed by atoms with Gasteiger partial charge >= 0.3 is 6.18 Å². The van der Waals surface area contributed by atoms with Gasteiger partial charge in [-0.2, -0.15) is 13.2 Å². The molecule has 1 spiro atoms. The zero-order valence-electron chi connectivity index (χ0n) is 15.1. The second-order valence-electron chi connectivity index (χ2n) is 8.06. The summed E-state index contributed by atoms with van der Waals surface area (Å²) in [5.41, 5.74) is 0.886. The van der Waals surface area contributed by atoms with Gasteiger partial charge in [-0.1, -0.05) is 6.07 Å². The van der Waals surface area contributed by atoms with Crippen molar-refractivity contribution in [3.05, 3.63) is 65.5 Å². The van der Waals surface area contributed by atoms with Crippen LogP contribution in [0.5, 0.6) is 0 Å². The predicted molar refractivity (Wildman–Crippen MR) is 96.6 cm³/mol. The molecule has 3 aliphatic rings. The molecule has 2 aliphatic heterocycles. The lowest BCUT2D eigenvalue weighted by Gasteiger charge is -2.44. The summed E-state index contributed by atoms with van der Waals surface area (Å²) in [6.07, 6.45) is 2.25. The molecule has 1 saturated carbocycles. The summed E-state index contributed by atoms with van der Waals surface area (Å²) in [5.74, 6) is 0.126. The minimum atomic E-state index is -4.40. The summed E-state index contributed by atoms with van der Waals surface area (Å²) in [5, 5.41) is 3.13. The van der Waals surface area contributed by atoms with Gasteiger partial charge in [-0.3, -0.25) is 14.7 Å². The number of hydrogen-bond donors (Lipinski definition) is 1. The zero-order valence-corrected chi connectivity index (χ0v) is 15.1. The lowest BCUT2D eigenvalue weighted by molar-refractivity contribution is -0.137. The predicted octanol–water partition coefficient (Wildman–Crippen LogP) is 3.29. The molecular formula is C21H20F3N3O. The van der Waals surface area contributed by atoms with Crippen LogP contribution in [0.2, 0.25) is 0 Å². The molecule has 5 rings (SSSR count). The minimum Gasteiger partial charge on any atom is -0.347 e. The fourth-order valence-corrected chi connectivity index (χ4v) is 5.13. The van der Waals surface area contributed by atoms with E-state index in [1.807, 2.05) is 18.3 Å². The van der Waals surface area contributed by atoms with Crippen molar-refractivity contribution in [3.8, 4) is 0 Å². The fourth-order valence-electron chi connectivity index (χ4n) is 5.13. The normalized spacial score (nSPS) is 30.9. The number of benzene rings is 1. The second-order valence-corrected chi connectivity index (χ2v) is 8.06. The largest absolute Gasteiger partial charge is 0.416 e. The van der Waals surface area contributed by atoms with Crippen molar-refractivity contribution in [2.45, 2.75) is 43.1 Å². The first-order chi connectivity index (χ1) is 13.4. The molecule has 4 nitrogen and oxygen atoms in total. The first-order valence-electron chi connectivity index (χ1n) is 9.52. The molecule has 0 radical (unpaired) electrons. The maximum atomic E-state index is 12.7. The van der Waals surface area contributed by atoms with E-state index >= 15 is 0 Å². The Morgan fingerprint density at radius 3 is 2.64 bits per heavy atom. The highest BCUT2D eigenvalue weighted by Crippen LogP contribution is 2.65. The molecule has 4 atom stereocenters. The Kier molecular flexibility index (Phi) is 3.81. The molecule has 1 amide bonds. The number of halogens is 3. The smallest absolute Gasteiger partial charge is 0.347 e. The van der Waals surface area contributed by atoms with Crippen molar-refractivity contribution in [1.82, 2.24) is 15.2 Å². The molecule has 3 fully saturated rings. The van der Waals surface area contributed by atoms with Crippen LogP contribution < -0.4 is 5.32 Å². The Morgan fingerprint density at radius 1 is 1.25 bits per heavy atom. The van der Waals surface area contributed by atoms with E-state index in [-0.39, 0.29) is 29.1 Å². The molecule has 28 heavy (non-hydrogen) atoms. The second kappa shape index (κ2) is 6.04. The van der Waals surface area contributed by atoms with Crippen molar-refractivity contribution in [1.29, 1.82) is 0 Å². The van der Waals surface area contributed by atoms with Crippen molar-refractivity contribution < 1.29 is 18.0 Å². The van der Waals surface area contributed by atoms with Crippen LogP contribution in [-0.4, -0.2) is 40.0 Å². The highest BCUT2D eigenvalue weighted by molar-refractivity contribution is 5.94. The first-order valence-corrected chi connectivity index (χ1v) is 9.52. The lowest BCUT2D eigenvalue weighted by atomic mass is 9.96. The Hall–Kier alpha value is -2.41. The molecule has 7 heteroatoms. The monoisotopic (exact) mass is 387 g/mol. The van der Waals surface area contributed by atoms with E-state index in [0.29, 0.717) is 5.92 Å². The maximum absolute atomic E-state index is 12.7. The third-order valence-electron chi connectivity index (χ3n) is 6.65. The van der Waals surface area contributed by atoms with Crippen LogP contribution in [0.3, 0.4) is 0 Å². The zero-order chi connectivity index (χ0) is 19.5. The van der Waals surface area contributed by atoms with Crippen LogP contribution in [0.15, 0.2) is 48.8 Å². The van der Waals surface area contributed by atoms with Crippen LogP contribution in [0, 0.1) is 5.92 Å². The molecular weight excluding hydrogens is 367 g/mol. The average Bonchev–Trinajstić information content (AvgIpc) is 3.39. The number of hydrogen-bond acceptors (Lipinski definition) is 3. The van der Waals surface area contributed by atoms with E-state index in [2.05, 4.69) is 15.2 Å². The Morgan fingerprint density at radius 2 is 2.04 bits per heavy atom. The molecule has 1 aliphatic carbocycles. The van der Waals surface area contributed by atoms with Gasteiger partial charge < -0.3 is 5.32 Å². The third kappa shape index (κ3) is 2.71. The van der Waals surface area contributed by atoms with Crippen LogP contribution in [0.1, 0.15) is 34.3 Å². The molecule has 2 aromatic rings. The van der Waals surface area contributed by atoms with Gasteiger partial charge in [-0.25, -0.2) is 0 Å². The van der Waals surface area contributed by atoms with Crippen LogP contribution in [0.25, 0.3) is 0 Å². The van der Waals surface area contributed by atoms with Crippen LogP contribution in [-0.2, 0) is 12.6 Å². The number of amides is 1. The molecule has 2 saturated heterocycles. The number of nitrogens with zero attached hydrogens (tertiary/aromatic N) is 2. The number of carbonyl (C=O) groups is 1. The summed E-state index contributed by atoms with van der Waals surface area (Å²) in [7, 11) is 0. The van der Waals surface area contributed by atoms with Gasteiger partial charge in [0.1, 0.15) is 0 Å². The number of rotatable bonds is 4. The summed E-state index contributed by atoms with van der Waals surface area (Å²) < 4.78 is 38.2. The Bertz CT molecular complexity index is 899. The van der Waals surface area contributed by atoms with Crippen molar-refractivity contribution in [2.24, 2.45) is 5.92 Å². The molecule has 1 aromatic heterocycles. The third-order valence-corrected chi connectivity index (χ3v) is 6.65. The van der Waals surface area contributed by atoms with E-state index < -0.39 is 11.7 Å². The molecule has 3 heterocycles. The van der Waals surface area contributed by atoms with Gasteiger partial charge in [-0.05, 0) is 55.2 Å². The Balaban J connectivity index is 1.34. The molecule has 1 aromatic carbocycles. The van der Waals surface area contributed by atoms with Gasteiger partial charge in [0.25, 0.3) is 5.91 Å². The van der Waals surface area contributed by atoms with Crippen LogP contribution >= 0.6 is 0 Å². The molecule has 1 N–H and O–H groups in total. The van der Waals surface area contributed by atoms with Crippen LogP contribution in [0.4, 0.5) is 13.2 Å². The highest BCUT2D eigenvalue weighted by Gasteiger charge is 2.73.